The number of hydrogen-bond acceptors (Lipinski definition) is 5. The first-order valence-corrected chi connectivity index (χ1v) is 9.75. The molecule has 1 aromatic heterocycles. The third-order valence-electron chi connectivity index (χ3n) is 3.68. The molecule has 0 spiro atoms. The summed E-state index contributed by atoms with van der Waals surface area (Å²) in [5.41, 5.74) is -0.00942. The smallest absolute Gasteiger partial charge is 0.275 e. The third kappa shape index (κ3) is 5.93. The van der Waals surface area contributed by atoms with Crippen molar-refractivity contribution in [2.24, 2.45) is 0 Å². The highest BCUT2D eigenvalue weighted by Gasteiger charge is 2.14. The Bertz CT molecular complexity index is 1070. The number of non-ortho nitro benzene ring substituents is 1. The number of amides is 1. The van der Waals surface area contributed by atoms with Crippen molar-refractivity contribution >= 4 is 56.4 Å². The van der Waals surface area contributed by atoms with E-state index in [1.54, 1.807) is 29.2 Å². The number of carbonyl (C=O) groups is 1. The first-order chi connectivity index (χ1) is 13.8. The number of aromatic nitrogens is 2. The molecule has 0 atom stereocenters. The van der Waals surface area contributed by atoms with Gasteiger partial charge < -0.3 is 10.1 Å². The molecule has 1 N–H and O–H groups in total. The van der Waals surface area contributed by atoms with Crippen LogP contribution in [0.4, 0.5) is 11.4 Å². The van der Waals surface area contributed by atoms with Gasteiger partial charge in [-0.05, 0) is 34.1 Å². The zero-order valence-electron chi connectivity index (χ0n) is 14.6. The minimum Gasteiger partial charge on any atom is -0.455 e. The van der Waals surface area contributed by atoms with Crippen molar-refractivity contribution in [2.45, 2.75) is 13.0 Å². The van der Waals surface area contributed by atoms with Gasteiger partial charge in [-0.25, -0.2) is 0 Å². The van der Waals surface area contributed by atoms with Crippen molar-refractivity contribution in [3.05, 3.63) is 73.4 Å². The monoisotopic (exact) mass is 498 g/mol. The summed E-state index contributed by atoms with van der Waals surface area (Å²) in [4.78, 5) is 22.9. The van der Waals surface area contributed by atoms with E-state index < -0.39 is 4.92 Å². The maximum Gasteiger partial charge on any atom is 0.275 e. The molecular formula is C18H13BrCl2N4O4. The number of ether oxygens (including phenoxy) is 1. The molecule has 0 aliphatic heterocycles. The standard InChI is InChI=1S/C18H13BrCl2N4O4/c19-11-9-22-24(10-11)4-3-18(26)23-13-6-14(25(27)28)8-15(7-13)29-17-2-1-12(20)5-16(17)21/h1-2,5-10H,3-4H2,(H,23,26). The van der Waals surface area contributed by atoms with Gasteiger partial charge in [0.2, 0.25) is 5.91 Å². The van der Waals surface area contributed by atoms with Gasteiger partial charge in [0, 0.05) is 36.3 Å². The second-order valence-electron chi connectivity index (χ2n) is 5.87. The van der Waals surface area contributed by atoms with E-state index in [2.05, 4.69) is 26.3 Å². The highest BCUT2D eigenvalue weighted by Crippen LogP contribution is 2.34. The molecular weight excluding hydrogens is 487 g/mol. The second kappa shape index (κ2) is 9.25. The lowest BCUT2D eigenvalue weighted by molar-refractivity contribution is -0.384. The van der Waals surface area contributed by atoms with E-state index in [1.807, 2.05) is 0 Å². The number of nitro benzene ring substituents is 1. The minimum atomic E-state index is -0.576. The number of halogens is 3. The van der Waals surface area contributed by atoms with Crippen LogP contribution in [0.3, 0.4) is 0 Å². The quantitative estimate of drug-likeness (QED) is 0.333. The van der Waals surface area contributed by atoms with E-state index in [-0.39, 0.29) is 40.2 Å². The zero-order valence-corrected chi connectivity index (χ0v) is 17.7. The first kappa shape index (κ1) is 21.1. The van der Waals surface area contributed by atoms with Crippen LogP contribution in [-0.4, -0.2) is 20.6 Å². The fourth-order valence-electron chi connectivity index (χ4n) is 2.40. The van der Waals surface area contributed by atoms with Crippen LogP contribution in [0, 0.1) is 10.1 Å². The Morgan fingerprint density at radius 2 is 2.07 bits per heavy atom. The molecule has 2 aromatic carbocycles. The van der Waals surface area contributed by atoms with Gasteiger partial charge in [-0.15, -0.1) is 0 Å². The maximum atomic E-state index is 12.2. The Morgan fingerprint density at radius 3 is 2.72 bits per heavy atom. The van der Waals surface area contributed by atoms with Gasteiger partial charge in [-0.2, -0.15) is 5.10 Å². The topological polar surface area (TPSA) is 99.3 Å². The molecule has 1 heterocycles. The lowest BCUT2D eigenvalue weighted by Gasteiger charge is -2.11. The number of anilines is 1. The molecule has 0 aliphatic rings. The van der Waals surface area contributed by atoms with Crippen molar-refractivity contribution in [1.29, 1.82) is 0 Å². The largest absolute Gasteiger partial charge is 0.455 e. The summed E-state index contributed by atoms with van der Waals surface area (Å²) >= 11 is 15.2. The van der Waals surface area contributed by atoms with Crippen LogP contribution in [0.15, 0.2) is 53.3 Å². The predicted octanol–water partition coefficient (Wildman–Crippen LogP) is 5.68. The van der Waals surface area contributed by atoms with Crippen LogP contribution in [0.5, 0.6) is 11.5 Å². The van der Waals surface area contributed by atoms with Crippen molar-refractivity contribution in [3.63, 3.8) is 0 Å². The van der Waals surface area contributed by atoms with E-state index in [4.69, 9.17) is 27.9 Å². The number of rotatable bonds is 7. The van der Waals surface area contributed by atoms with Crippen molar-refractivity contribution in [1.82, 2.24) is 9.78 Å². The van der Waals surface area contributed by atoms with E-state index in [0.717, 1.165) is 4.47 Å². The summed E-state index contributed by atoms with van der Waals surface area (Å²) in [6.07, 6.45) is 3.49. The summed E-state index contributed by atoms with van der Waals surface area (Å²) in [6.45, 7) is 0.357. The van der Waals surface area contributed by atoms with Crippen LogP contribution >= 0.6 is 39.1 Å². The average Bonchev–Trinajstić information content (AvgIpc) is 3.07. The fourth-order valence-corrected chi connectivity index (χ4v) is 3.18. The Hall–Kier alpha value is -2.62. The van der Waals surface area contributed by atoms with E-state index in [1.165, 1.54) is 24.3 Å². The lowest BCUT2D eigenvalue weighted by atomic mass is 10.2. The second-order valence-corrected chi connectivity index (χ2v) is 7.63. The van der Waals surface area contributed by atoms with Gasteiger partial charge in [0.25, 0.3) is 5.69 Å². The van der Waals surface area contributed by atoms with Crippen molar-refractivity contribution < 1.29 is 14.5 Å². The molecule has 8 nitrogen and oxygen atoms in total. The van der Waals surface area contributed by atoms with Gasteiger partial charge in [0.1, 0.15) is 11.5 Å². The van der Waals surface area contributed by atoms with Gasteiger partial charge in [0.15, 0.2) is 0 Å². The van der Waals surface area contributed by atoms with Gasteiger partial charge in [-0.3, -0.25) is 19.6 Å². The molecule has 0 bridgehead atoms. The SMILES string of the molecule is O=C(CCn1cc(Br)cn1)Nc1cc(Oc2ccc(Cl)cc2Cl)cc([N+](=O)[O-])c1. The number of nitrogens with zero attached hydrogens (tertiary/aromatic N) is 3. The number of hydrogen-bond donors (Lipinski definition) is 1. The first-order valence-electron chi connectivity index (χ1n) is 8.20. The van der Waals surface area contributed by atoms with Crippen LogP contribution in [0.1, 0.15) is 6.42 Å². The highest BCUT2D eigenvalue weighted by atomic mass is 79.9. The fraction of sp³-hybridized carbons (Fsp3) is 0.111. The Morgan fingerprint density at radius 1 is 1.28 bits per heavy atom. The Labute approximate surface area is 183 Å². The molecule has 3 rings (SSSR count). The number of aryl methyl sites for hydroxylation is 1. The minimum absolute atomic E-state index is 0.135. The Kier molecular flexibility index (Phi) is 6.73. The van der Waals surface area contributed by atoms with Crippen LogP contribution < -0.4 is 10.1 Å². The number of nitrogens with one attached hydrogen (secondary N) is 1. The molecule has 29 heavy (non-hydrogen) atoms. The molecule has 0 saturated carbocycles. The van der Waals surface area contributed by atoms with Crippen LogP contribution in [0.2, 0.25) is 10.0 Å². The molecule has 150 valence electrons. The molecule has 3 aromatic rings. The average molecular weight is 500 g/mol. The molecule has 1 amide bonds. The van der Waals surface area contributed by atoms with Gasteiger partial charge in [0.05, 0.1) is 32.4 Å². The van der Waals surface area contributed by atoms with E-state index >= 15 is 0 Å². The molecule has 11 heteroatoms. The van der Waals surface area contributed by atoms with Crippen molar-refractivity contribution in [3.8, 4) is 11.5 Å². The molecule has 0 saturated heterocycles. The third-order valence-corrected chi connectivity index (χ3v) is 4.62. The molecule has 0 fully saturated rings. The lowest BCUT2D eigenvalue weighted by Crippen LogP contribution is -2.14. The Balaban J connectivity index is 1.75. The normalized spacial score (nSPS) is 10.6. The zero-order chi connectivity index (χ0) is 21.0. The maximum absolute atomic E-state index is 12.2. The summed E-state index contributed by atoms with van der Waals surface area (Å²) < 4.78 is 8.05. The molecule has 0 unspecified atom stereocenters. The summed E-state index contributed by atoms with van der Waals surface area (Å²) in [5.74, 6) is 0.0976. The van der Waals surface area contributed by atoms with Crippen LogP contribution in [-0.2, 0) is 11.3 Å². The number of carbonyl (C=O) groups excluding carboxylic acids is 1. The van der Waals surface area contributed by atoms with Crippen molar-refractivity contribution in [2.75, 3.05) is 5.32 Å². The van der Waals surface area contributed by atoms with Gasteiger partial charge in [-0.1, -0.05) is 23.2 Å². The van der Waals surface area contributed by atoms with Crippen LogP contribution in [0.25, 0.3) is 0 Å². The summed E-state index contributed by atoms with van der Waals surface area (Å²) in [6, 6.07) is 8.58. The number of nitro groups is 1. The number of benzene rings is 2. The van der Waals surface area contributed by atoms with E-state index in [9.17, 15) is 14.9 Å². The van der Waals surface area contributed by atoms with Gasteiger partial charge >= 0.3 is 0 Å². The summed E-state index contributed by atoms with van der Waals surface area (Å²) in [7, 11) is 0. The molecule has 0 radical (unpaired) electrons. The highest BCUT2D eigenvalue weighted by molar-refractivity contribution is 9.10. The summed E-state index contributed by atoms with van der Waals surface area (Å²) in [5, 5.41) is 18.6. The molecule has 0 aliphatic carbocycles. The predicted molar refractivity (Wildman–Crippen MR) is 113 cm³/mol. The van der Waals surface area contributed by atoms with E-state index in [0.29, 0.717) is 11.6 Å².